The van der Waals surface area contributed by atoms with E-state index >= 15 is 0 Å². The molecule has 1 aliphatic heterocycles. The minimum Gasteiger partial charge on any atom is -0.243 e. The van der Waals surface area contributed by atoms with Crippen molar-refractivity contribution in [2.24, 2.45) is 11.8 Å². The van der Waals surface area contributed by atoms with Crippen molar-refractivity contribution in [3.8, 4) is 0 Å². The molecule has 3 rings (SSSR count). The Bertz CT molecular complexity index is 715. The summed E-state index contributed by atoms with van der Waals surface area (Å²) in [6, 6.07) is 4.91. The molecule has 7 heteroatoms. The van der Waals surface area contributed by atoms with Gasteiger partial charge in [-0.2, -0.15) is 4.31 Å². The number of sulfonamides is 1. The molecule has 1 saturated heterocycles. The standard InChI is InChI=1S/C13H17N3O3S/c1-9-6-10(2)8-16(7-9)20(17,18)12-5-3-4-11-13(12)15-19-14-11/h3-5,9-10H,6-8H2,1-2H3/t9-,10+. The second-order valence-corrected chi connectivity index (χ2v) is 7.56. The van der Waals surface area contributed by atoms with E-state index in [4.69, 9.17) is 0 Å². The van der Waals surface area contributed by atoms with Crippen LogP contribution in [0.4, 0.5) is 0 Å². The van der Waals surface area contributed by atoms with Gasteiger partial charge in [-0.3, -0.25) is 0 Å². The number of rotatable bonds is 2. The molecule has 1 fully saturated rings. The normalized spacial score (nSPS) is 25.1. The first-order valence-corrected chi connectivity index (χ1v) is 8.14. The molecule has 0 amide bonds. The molecule has 1 aromatic heterocycles. The van der Waals surface area contributed by atoms with Gasteiger partial charge >= 0.3 is 0 Å². The summed E-state index contributed by atoms with van der Waals surface area (Å²) in [7, 11) is -3.55. The first-order chi connectivity index (χ1) is 9.48. The fraction of sp³-hybridized carbons (Fsp3) is 0.538. The van der Waals surface area contributed by atoms with Crippen LogP contribution >= 0.6 is 0 Å². The van der Waals surface area contributed by atoms with Gasteiger partial charge in [-0.1, -0.05) is 19.9 Å². The molecule has 108 valence electrons. The number of fused-ring (bicyclic) bond motifs is 1. The van der Waals surface area contributed by atoms with Crippen LogP contribution in [-0.4, -0.2) is 36.1 Å². The molecule has 0 unspecified atom stereocenters. The summed E-state index contributed by atoms with van der Waals surface area (Å²) in [6.07, 6.45) is 1.06. The minimum atomic E-state index is -3.55. The summed E-state index contributed by atoms with van der Waals surface area (Å²) >= 11 is 0. The van der Waals surface area contributed by atoms with Crippen LogP contribution in [0.1, 0.15) is 20.3 Å². The van der Waals surface area contributed by atoms with E-state index in [1.54, 1.807) is 22.5 Å². The predicted octanol–water partition coefficient (Wildman–Crippen LogP) is 1.89. The zero-order valence-corrected chi connectivity index (χ0v) is 12.3. The molecule has 20 heavy (non-hydrogen) atoms. The van der Waals surface area contributed by atoms with Gasteiger partial charge in [0.2, 0.25) is 10.0 Å². The summed E-state index contributed by atoms with van der Waals surface area (Å²) < 4.78 is 31.8. The van der Waals surface area contributed by atoms with E-state index in [0.717, 1.165) is 6.42 Å². The lowest BCUT2D eigenvalue weighted by Crippen LogP contribution is -2.42. The van der Waals surface area contributed by atoms with E-state index in [2.05, 4.69) is 28.8 Å². The average molecular weight is 295 g/mol. The van der Waals surface area contributed by atoms with Crippen LogP contribution in [0.3, 0.4) is 0 Å². The maximum absolute atomic E-state index is 12.8. The van der Waals surface area contributed by atoms with Gasteiger partial charge in [-0.15, -0.1) is 0 Å². The Hall–Kier alpha value is -1.47. The van der Waals surface area contributed by atoms with Crippen LogP contribution in [0.5, 0.6) is 0 Å². The van der Waals surface area contributed by atoms with Crippen molar-refractivity contribution in [2.45, 2.75) is 25.2 Å². The van der Waals surface area contributed by atoms with Crippen molar-refractivity contribution in [2.75, 3.05) is 13.1 Å². The number of hydrogen-bond donors (Lipinski definition) is 0. The predicted molar refractivity (Wildman–Crippen MR) is 73.5 cm³/mol. The highest BCUT2D eigenvalue weighted by Gasteiger charge is 2.33. The van der Waals surface area contributed by atoms with Crippen molar-refractivity contribution < 1.29 is 13.0 Å². The molecule has 2 atom stereocenters. The van der Waals surface area contributed by atoms with Gasteiger partial charge in [0.05, 0.1) is 0 Å². The van der Waals surface area contributed by atoms with Crippen LogP contribution in [0.2, 0.25) is 0 Å². The largest absolute Gasteiger partial charge is 0.245 e. The van der Waals surface area contributed by atoms with Gasteiger partial charge in [0.15, 0.2) is 5.52 Å². The van der Waals surface area contributed by atoms with Gasteiger partial charge in [-0.05, 0) is 40.7 Å². The molecule has 0 spiro atoms. The number of nitrogens with zero attached hydrogens (tertiary/aromatic N) is 3. The van der Waals surface area contributed by atoms with Crippen LogP contribution in [-0.2, 0) is 10.0 Å². The Morgan fingerprint density at radius 3 is 2.60 bits per heavy atom. The zero-order chi connectivity index (χ0) is 14.3. The monoisotopic (exact) mass is 295 g/mol. The molecular weight excluding hydrogens is 278 g/mol. The topological polar surface area (TPSA) is 76.3 Å². The van der Waals surface area contributed by atoms with E-state index in [-0.39, 0.29) is 4.90 Å². The summed E-state index contributed by atoms with van der Waals surface area (Å²) in [5.41, 5.74) is 0.766. The Morgan fingerprint density at radius 1 is 1.20 bits per heavy atom. The second-order valence-electron chi connectivity index (χ2n) is 5.66. The molecule has 2 heterocycles. The van der Waals surface area contributed by atoms with E-state index in [0.29, 0.717) is 36.0 Å². The smallest absolute Gasteiger partial charge is 0.243 e. The molecule has 1 aromatic carbocycles. The Labute approximate surface area is 117 Å². The second kappa shape index (κ2) is 4.82. The van der Waals surface area contributed by atoms with Gasteiger partial charge in [0.25, 0.3) is 0 Å². The first-order valence-electron chi connectivity index (χ1n) is 6.70. The maximum atomic E-state index is 12.8. The highest BCUT2D eigenvalue weighted by molar-refractivity contribution is 7.89. The summed E-state index contributed by atoms with van der Waals surface area (Å²) in [5, 5.41) is 7.42. The van der Waals surface area contributed by atoms with Crippen LogP contribution in [0.25, 0.3) is 11.0 Å². The van der Waals surface area contributed by atoms with Crippen molar-refractivity contribution in [1.82, 2.24) is 14.6 Å². The third kappa shape index (κ3) is 2.20. The summed E-state index contributed by atoms with van der Waals surface area (Å²) in [4.78, 5) is 0.178. The van der Waals surface area contributed by atoms with Gasteiger partial charge in [-0.25, -0.2) is 13.0 Å². The van der Waals surface area contributed by atoms with Gasteiger partial charge in [0, 0.05) is 13.1 Å². The third-order valence-corrected chi connectivity index (χ3v) is 5.57. The first kappa shape index (κ1) is 13.5. The Kier molecular flexibility index (Phi) is 3.25. The third-order valence-electron chi connectivity index (χ3n) is 3.70. The lowest BCUT2D eigenvalue weighted by molar-refractivity contribution is 0.222. The quantitative estimate of drug-likeness (QED) is 0.845. The molecule has 2 aromatic rings. The Morgan fingerprint density at radius 2 is 1.90 bits per heavy atom. The molecule has 0 N–H and O–H groups in total. The molecule has 0 radical (unpaired) electrons. The lowest BCUT2D eigenvalue weighted by Gasteiger charge is -2.33. The lowest BCUT2D eigenvalue weighted by atomic mass is 9.94. The van der Waals surface area contributed by atoms with E-state index in [1.807, 2.05) is 0 Å². The number of benzene rings is 1. The Balaban J connectivity index is 2.05. The van der Waals surface area contributed by atoms with Crippen LogP contribution in [0.15, 0.2) is 27.7 Å². The number of piperidine rings is 1. The van der Waals surface area contributed by atoms with Crippen molar-refractivity contribution in [1.29, 1.82) is 0 Å². The van der Waals surface area contributed by atoms with Crippen LogP contribution in [0, 0.1) is 11.8 Å². The average Bonchev–Trinajstić information content (AvgIpc) is 2.85. The van der Waals surface area contributed by atoms with E-state index in [1.165, 1.54) is 0 Å². The number of hydrogen-bond acceptors (Lipinski definition) is 5. The maximum Gasteiger partial charge on any atom is 0.245 e. The molecule has 1 aliphatic rings. The SMILES string of the molecule is C[C@@H]1C[C@H](C)CN(S(=O)(=O)c2cccc3nonc23)C1. The molecule has 0 aliphatic carbocycles. The zero-order valence-electron chi connectivity index (χ0n) is 11.5. The molecule has 0 saturated carbocycles. The molecule has 6 nitrogen and oxygen atoms in total. The molecular formula is C13H17N3O3S. The highest BCUT2D eigenvalue weighted by atomic mass is 32.2. The number of aromatic nitrogens is 2. The van der Waals surface area contributed by atoms with Crippen molar-refractivity contribution >= 4 is 21.1 Å². The van der Waals surface area contributed by atoms with Crippen molar-refractivity contribution in [3.05, 3.63) is 18.2 Å². The van der Waals surface area contributed by atoms with Crippen LogP contribution < -0.4 is 0 Å². The highest BCUT2D eigenvalue weighted by Crippen LogP contribution is 2.29. The van der Waals surface area contributed by atoms with Gasteiger partial charge in [0.1, 0.15) is 10.4 Å². The van der Waals surface area contributed by atoms with Gasteiger partial charge < -0.3 is 0 Å². The minimum absolute atomic E-state index is 0.178. The van der Waals surface area contributed by atoms with Crippen molar-refractivity contribution in [3.63, 3.8) is 0 Å². The molecule has 0 bridgehead atoms. The summed E-state index contributed by atoms with van der Waals surface area (Å²) in [5.74, 6) is 0.728. The van der Waals surface area contributed by atoms with E-state index < -0.39 is 10.0 Å². The fourth-order valence-electron chi connectivity index (χ4n) is 2.93. The summed E-state index contributed by atoms with van der Waals surface area (Å²) in [6.45, 7) is 5.26. The fourth-order valence-corrected chi connectivity index (χ4v) is 4.75. The van der Waals surface area contributed by atoms with E-state index in [9.17, 15) is 8.42 Å².